The molecule has 10 rings (SSSR count). The standard InChI is InChI=1S/C46H47NOS/c1-2-10-31(11-3-1)36-12-4-7-15-41(36)47(35-25-26-38-37-13-6-9-17-44(37)49-45(38)29-35)34-23-20-30(21-24-34)33-19-18-32-22-27-43-46(40(32)28-33)39-14-5-8-16-42(39)48-43/h2,4-7,9-11,14-15,18-21,23-25,29,33,36-39,42,44H,1,3,8,12-13,16-17,22,26-28H2. The van der Waals surface area contributed by atoms with Crippen molar-refractivity contribution in [1.82, 2.24) is 0 Å². The van der Waals surface area contributed by atoms with Crippen LogP contribution in [0.15, 0.2) is 154 Å². The third-order valence-electron chi connectivity index (χ3n) is 12.7. The summed E-state index contributed by atoms with van der Waals surface area (Å²) in [7, 11) is 0. The summed E-state index contributed by atoms with van der Waals surface area (Å²) in [6.07, 6.45) is 46.9. The molecule has 9 aliphatic rings. The molecule has 7 aliphatic carbocycles. The molecule has 0 radical (unpaired) electrons. The van der Waals surface area contributed by atoms with E-state index in [0.29, 0.717) is 29.8 Å². The van der Waals surface area contributed by atoms with E-state index in [1.165, 1.54) is 52.4 Å². The van der Waals surface area contributed by atoms with Crippen molar-refractivity contribution < 1.29 is 4.74 Å². The molecule has 0 N–H and O–H groups in total. The lowest BCUT2D eigenvalue weighted by Gasteiger charge is -2.37. The summed E-state index contributed by atoms with van der Waals surface area (Å²) in [5.41, 5.74) is 11.6. The van der Waals surface area contributed by atoms with Crippen LogP contribution in [0.5, 0.6) is 0 Å². The van der Waals surface area contributed by atoms with Gasteiger partial charge in [0.05, 0.1) is 0 Å². The van der Waals surface area contributed by atoms with Crippen LogP contribution in [-0.4, -0.2) is 11.4 Å². The Hall–Kier alpha value is -3.69. The molecule has 2 heterocycles. The molecule has 0 bridgehead atoms. The molecule has 248 valence electrons. The number of fused-ring (bicyclic) bond motifs is 6. The number of hydrogen-bond acceptors (Lipinski definition) is 3. The SMILES string of the molecule is C1=CCC(C2=CCCC=C2)C(N(C2=CCC3C(=C2)SC2CC=CCC23)c2ccc(C3C=CC4=C(C3)C3=C(CC4)OC4CCC=CC34)cc2)=C1. The van der Waals surface area contributed by atoms with Crippen molar-refractivity contribution >= 4 is 17.4 Å². The van der Waals surface area contributed by atoms with E-state index >= 15 is 0 Å². The van der Waals surface area contributed by atoms with Crippen LogP contribution in [0.3, 0.4) is 0 Å². The van der Waals surface area contributed by atoms with E-state index in [1.807, 2.05) is 0 Å². The number of benzene rings is 1. The van der Waals surface area contributed by atoms with Crippen molar-refractivity contribution in [3.05, 3.63) is 159 Å². The zero-order valence-corrected chi connectivity index (χ0v) is 29.3. The second-order valence-electron chi connectivity index (χ2n) is 15.4. The van der Waals surface area contributed by atoms with Gasteiger partial charge in [-0.25, -0.2) is 0 Å². The Morgan fingerprint density at radius 1 is 0.816 bits per heavy atom. The van der Waals surface area contributed by atoms with Gasteiger partial charge < -0.3 is 9.64 Å². The van der Waals surface area contributed by atoms with Gasteiger partial charge >= 0.3 is 0 Å². The molecule has 49 heavy (non-hydrogen) atoms. The number of thioether (sulfide) groups is 1. The summed E-state index contributed by atoms with van der Waals surface area (Å²) in [6, 6.07) is 9.67. The van der Waals surface area contributed by atoms with Gasteiger partial charge in [0.1, 0.15) is 11.9 Å². The lowest BCUT2D eigenvalue weighted by molar-refractivity contribution is 0.108. The van der Waals surface area contributed by atoms with E-state index in [2.05, 4.69) is 126 Å². The zero-order chi connectivity index (χ0) is 32.3. The summed E-state index contributed by atoms with van der Waals surface area (Å²) >= 11 is 2.17. The van der Waals surface area contributed by atoms with Crippen molar-refractivity contribution in [2.45, 2.75) is 87.9 Å². The molecule has 1 aromatic carbocycles. The van der Waals surface area contributed by atoms with Gasteiger partial charge in [0.2, 0.25) is 0 Å². The molecule has 7 atom stereocenters. The molecule has 0 spiro atoms. The fraction of sp³-hybridized carbons (Fsp3) is 0.391. The van der Waals surface area contributed by atoms with Gasteiger partial charge in [-0.05, 0) is 128 Å². The number of ether oxygens (including phenoxy) is 1. The normalized spacial score (nSPS) is 33.8. The zero-order valence-electron chi connectivity index (χ0n) is 28.5. The van der Waals surface area contributed by atoms with Crippen molar-refractivity contribution in [2.75, 3.05) is 4.90 Å². The van der Waals surface area contributed by atoms with Gasteiger partial charge in [-0.2, -0.15) is 0 Å². The van der Waals surface area contributed by atoms with E-state index in [4.69, 9.17) is 4.74 Å². The number of hydrogen-bond donors (Lipinski definition) is 0. The van der Waals surface area contributed by atoms with E-state index in [9.17, 15) is 0 Å². The Balaban J connectivity index is 0.969. The monoisotopic (exact) mass is 661 g/mol. The van der Waals surface area contributed by atoms with Crippen molar-refractivity contribution in [3.63, 3.8) is 0 Å². The minimum atomic E-state index is 0.354. The largest absolute Gasteiger partial charge is 0.493 e. The highest BCUT2D eigenvalue weighted by atomic mass is 32.2. The molecular weight excluding hydrogens is 615 g/mol. The molecule has 1 saturated heterocycles. The Morgan fingerprint density at radius 2 is 1.76 bits per heavy atom. The highest BCUT2D eigenvalue weighted by molar-refractivity contribution is 8.04. The quantitative estimate of drug-likeness (QED) is 0.291. The highest BCUT2D eigenvalue weighted by Crippen LogP contribution is 2.55. The number of anilines is 1. The summed E-state index contributed by atoms with van der Waals surface area (Å²) < 4.78 is 6.55. The third kappa shape index (κ3) is 5.30. The summed E-state index contributed by atoms with van der Waals surface area (Å²) in [6.45, 7) is 0. The van der Waals surface area contributed by atoms with Crippen molar-refractivity contribution in [1.29, 1.82) is 0 Å². The smallest absolute Gasteiger partial charge is 0.109 e. The van der Waals surface area contributed by atoms with E-state index in [0.717, 1.165) is 69.0 Å². The van der Waals surface area contributed by atoms with E-state index < -0.39 is 0 Å². The molecule has 1 fully saturated rings. The maximum Gasteiger partial charge on any atom is 0.109 e. The Bertz CT molecular complexity index is 1890. The van der Waals surface area contributed by atoms with Crippen LogP contribution in [0, 0.1) is 23.7 Å². The molecular formula is C46H47NOS. The van der Waals surface area contributed by atoms with Crippen molar-refractivity contribution in [2.24, 2.45) is 23.7 Å². The average Bonchev–Trinajstić information content (AvgIpc) is 3.74. The second-order valence-corrected chi connectivity index (χ2v) is 16.7. The molecule has 3 heteroatoms. The Labute approximate surface area is 296 Å². The van der Waals surface area contributed by atoms with Crippen LogP contribution in [-0.2, 0) is 4.74 Å². The topological polar surface area (TPSA) is 12.5 Å². The molecule has 2 nitrogen and oxygen atoms in total. The minimum absolute atomic E-state index is 0.354. The number of rotatable bonds is 5. The molecule has 1 aromatic rings. The van der Waals surface area contributed by atoms with Crippen LogP contribution < -0.4 is 4.90 Å². The van der Waals surface area contributed by atoms with Gasteiger partial charge in [-0.1, -0.05) is 85.0 Å². The predicted octanol–water partition coefficient (Wildman–Crippen LogP) is 11.9. The van der Waals surface area contributed by atoms with Crippen LogP contribution in [0.1, 0.15) is 82.1 Å². The fourth-order valence-electron chi connectivity index (χ4n) is 10.2. The molecule has 0 aromatic heterocycles. The van der Waals surface area contributed by atoms with Crippen molar-refractivity contribution in [3.8, 4) is 0 Å². The summed E-state index contributed by atoms with van der Waals surface area (Å²) in [5, 5.41) is 0.745. The first-order valence-corrected chi connectivity index (χ1v) is 20.0. The van der Waals surface area contributed by atoms with Gasteiger partial charge in [-0.15, -0.1) is 11.8 Å². The molecule has 0 saturated carbocycles. The highest BCUT2D eigenvalue weighted by Gasteiger charge is 2.43. The Kier molecular flexibility index (Phi) is 7.74. The molecule has 2 aliphatic heterocycles. The third-order valence-corrected chi connectivity index (χ3v) is 14.2. The predicted molar refractivity (Wildman–Crippen MR) is 205 cm³/mol. The average molecular weight is 662 g/mol. The summed E-state index contributed by atoms with van der Waals surface area (Å²) in [4.78, 5) is 4.23. The van der Waals surface area contributed by atoms with Crippen LogP contribution in [0.25, 0.3) is 0 Å². The van der Waals surface area contributed by atoms with Crippen LogP contribution >= 0.6 is 11.8 Å². The van der Waals surface area contributed by atoms with Gasteiger partial charge in [-0.3, -0.25) is 0 Å². The Morgan fingerprint density at radius 3 is 2.67 bits per heavy atom. The maximum absolute atomic E-state index is 6.55. The maximum atomic E-state index is 6.55. The molecule has 0 amide bonds. The number of nitrogens with zero attached hydrogens (tertiary/aromatic N) is 1. The second kappa shape index (κ2) is 12.6. The molecule has 7 unspecified atom stereocenters. The minimum Gasteiger partial charge on any atom is -0.493 e. The van der Waals surface area contributed by atoms with E-state index in [1.54, 1.807) is 16.1 Å². The van der Waals surface area contributed by atoms with E-state index in [-0.39, 0.29) is 0 Å². The first-order valence-electron chi connectivity index (χ1n) is 19.1. The lowest BCUT2D eigenvalue weighted by atomic mass is 9.73. The van der Waals surface area contributed by atoms with Gasteiger partial charge in [0.15, 0.2) is 0 Å². The van der Waals surface area contributed by atoms with Gasteiger partial charge in [0.25, 0.3) is 0 Å². The van der Waals surface area contributed by atoms with Crippen LogP contribution in [0.2, 0.25) is 0 Å². The lowest BCUT2D eigenvalue weighted by Crippen LogP contribution is -2.29. The van der Waals surface area contributed by atoms with Crippen LogP contribution in [0.4, 0.5) is 5.69 Å². The van der Waals surface area contributed by atoms with Gasteiger partial charge in [0, 0.05) is 52.1 Å². The first-order chi connectivity index (χ1) is 24.3. The summed E-state index contributed by atoms with van der Waals surface area (Å²) in [5.74, 6) is 3.98. The number of allylic oxidation sites excluding steroid dienone is 18. The first kappa shape index (κ1) is 30.2. The fourth-order valence-corrected chi connectivity index (χ4v) is 11.9.